The molecule has 3 aromatic carbocycles. The van der Waals surface area contributed by atoms with Gasteiger partial charge in [-0.2, -0.15) is 0 Å². The van der Waals surface area contributed by atoms with Crippen molar-refractivity contribution in [2.45, 2.75) is 0 Å². The van der Waals surface area contributed by atoms with Gasteiger partial charge in [0, 0.05) is 16.9 Å². The van der Waals surface area contributed by atoms with E-state index < -0.39 is 17.5 Å². The Labute approximate surface area is 158 Å². The molecule has 7 heteroatoms. The Morgan fingerprint density at radius 2 is 1.48 bits per heavy atom. The third-order valence-corrected chi connectivity index (χ3v) is 3.94. The topological polar surface area (TPSA) is 58.2 Å². The van der Waals surface area contributed by atoms with Crippen molar-refractivity contribution in [3.05, 3.63) is 94.5 Å². The molecule has 135 valence electrons. The zero-order valence-electron chi connectivity index (χ0n) is 13.7. The standard InChI is InChI=1S/C20H12ClF2N2O2/c21-16-11-18(23)17(22)10-15(16)20(27)25-14-8-6-13(7-9-14)24-19(26)12-4-2-1-3-5-12/h1-2,4-11H,(H,24,26)(H,25,27). The summed E-state index contributed by atoms with van der Waals surface area (Å²) in [6, 6.07) is 17.2. The molecule has 0 aromatic heterocycles. The summed E-state index contributed by atoms with van der Waals surface area (Å²) in [6.45, 7) is 0. The number of benzene rings is 3. The number of anilines is 2. The summed E-state index contributed by atoms with van der Waals surface area (Å²) in [5.41, 5.74) is 1.19. The maximum atomic E-state index is 13.3. The van der Waals surface area contributed by atoms with Crippen LogP contribution in [0.4, 0.5) is 20.2 Å². The maximum absolute atomic E-state index is 13.3. The van der Waals surface area contributed by atoms with Crippen LogP contribution in [-0.4, -0.2) is 11.8 Å². The van der Waals surface area contributed by atoms with Crippen molar-refractivity contribution in [2.24, 2.45) is 0 Å². The number of hydrogen-bond donors (Lipinski definition) is 2. The summed E-state index contributed by atoms with van der Waals surface area (Å²) >= 11 is 5.79. The molecule has 1 radical (unpaired) electrons. The van der Waals surface area contributed by atoms with Crippen LogP contribution in [-0.2, 0) is 0 Å². The fourth-order valence-electron chi connectivity index (χ4n) is 2.27. The SMILES string of the molecule is O=C(Nc1ccc(NC(=O)c2cc(F)c(F)cc2Cl)cc1)c1c[c]ccc1. The summed E-state index contributed by atoms with van der Waals surface area (Å²) in [5.74, 6) is -3.28. The van der Waals surface area contributed by atoms with Gasteiger partial charge in [0.05, 0.1) is 10.6 Å². The van der Waals surface area contributed by atoms with Gasteiger partial charge in [0.15, 0.2) is 11.6 Å². The number of hydrogen-bond acceptors (Lipinski definition) is 2. The number of carbonyl (C=O) groups excluding carboxylic acids is 2. The van der Waals surface area contributed by atoms with E-state index in [-0.39, 0.29) is 16.5 Å². The second-order valence-corrected chi connectivity index (χ2v) is 5.93. The minimum Gasteiger partial charge on any atom is -0.322 e. The number of amides is 2. The summed E-state index contributed by atoms with van der Waals surface area (Å²) in [5, 5.41) is 5.04. The van der Waals surface area contributed by atoms with Crippen molar-refractivity contribution in [1.29, 1.82) is 0 Å². The van der Waals surface area contributed by atoms with Gasteiger partial charge < -0.3 is 10.6 Å². The molecule has 0 saturated heterocycles. The van der Waals surface area contributed by atoms with Crippen LogP contribution >= 0.6 is 11.6 Å². The molecule has 0 aliphatic heterocycles. The smallest absolute Gasteiger partial charge is 0.257 e. The quantitative estimate of drug-likeness (QED) is 0.626. The van der Waals surface area contributed by atoms with Gasteiger partial charge in [-0.1, -0.05) is 23.7 Å². The van der Waals surface area contributed by atoms with E-state index in [1.54, 1.807) is 48.5 Å². The lowest BCUT2D eigenvalue weighted by atomic mass is 10.2. The fourth-order valence-corrected chi connectivity index (χ4v) is 2.51. The lowest BCUT2D eigenvalue weighted by Gasteiger charge is -2.09. The maximum Gasteiger partial charge on any atom is 0.257 e. The molecule has 0 atom stereocenters. The van der Waals surface area contributed by atoms with Crippen molar-refractivity contribution in [1.82, 2.24) is 0 Å². The third-order valence-electron chi connectivity index (χ3n) is 3.62. The Balaban J connectivity index is 1.68. The van der Waals surface area contributed by atoms with E-state index in [1.165, 1.54) is 0 Å². The molecule has 2 amide bonds. The highest BCUT2D eigenvalue weighted by Gasteiger charge is 2.15. The molecular weight excluding hydrogens is 374 g/mol. The van der Waals surface area contributed by atoms with Crippen LogP contribution < -0.4 is 10.6 Å². The van der Waals surface area contributed by atoms with Crippen LogP contribution in [0.25, 0.3) is 0 Å². The minimum atomic E-state index is -1.17. The molecule has 0 bridgehead atoms. The molecule has 0 aliphatic rings. The molecule has 0 fully saturated rings. The molecule has 2 N–H and O–H groups in total. The average Bonchev–Trinajstić information content (AvgIpc) is 2.67. The van der Waals surface area contributed by atoms with E-state index in [1.807, 2.05) is 0 Å². The first-order chi connectivity index (χ1) is 12.9. The Hall–Kier alpha value is -3.25. The van der Waals surface area contributed by atoms with E-state index in [4.69, 9.17) is 11.6 Å². The second kappa shape index (κ2) is 7.97. The molecule has 0 heterocycles. The van der Waals surface area contributed by atoms with Gasteiger partial charge in [0.25, 0.3) is 11.8 Å². The van der Waals surface area contributed by atoms with Crippen LogP contribution in [0.2, 0.25) is 5.02 Å². The normalized spacial score (nSPS) is 10.3. The van der Waals surface area contributed by atoms with E-state index in [9.17, 15) is 18.4 Å². The third kappa shape index (κ3) is 4.48. The van der Waals surface area contributed by atoms with E-state index in [2.05, 4.69) is 16.7 Å². The molecule has 4 nitrogen and oxygen atoms in total. The molecule has 3 rings (SSSR count). The van der Waals surface area contributed by atoms with Gasteiger partial charge in [-0.05, 0) is 54.6 Å². The van der Waals surface area contributed by atoms with E-state index in [0.717, 1.165) is 12.1 Å². The largest absolute Gasteiger partial charge is 0.322 e. The first-order valence-corrected chi connectivity index (χ1v) is 8.15. The van der Waals surface area contributed by atoms with Crippen molar-refractivity contribution in [3.8, 4) is 0 Å². The van der Waals surface area contributed by atoms with Crippen molar-refractivity contribution < 1.29 is 18.4 Å². The second-order valence-electron chi connectivity index (χ2n) is 5.52. The van der Waals surface area contributed by atoms with Crippen molar-refractivity contribution in [3.63, 3.8) is 0 Å². The lowest BCUT2D eigenvalue weighted by molar-refractivity contribution is 0.101. The number of halogens is 3. The number of rotatable bonds is 4. The van der Waals surface area contributed by atoms with Gasteiger partial charge in [0.1, 0.15) is 0 Å². The number of nitrogens with one attached hydrogen (secondary N) is 2. The molecule has 27 heavy (non-hydrogen) atoms. The molecular formula is C20H12ClF2N2O2. The summed E-state index contributed by atoms with van der Waals surface area (Å²) in [6.07, 6.45) is 0. The Bertz CT molecular complexity index is 993. The van der Waals surface area contributed by atoms with Crippen LogP contribution in [0.3, 0.4) is 0 Å². The van der Waals surface area contributed by atoms with E-state index in [0.29, 0.717) is 16.9 Å². The van der Waals surface area contributed by atoms with Crippen LogP contribution in [0.5, 0.6) is 0 Å². The molecule has 0 saturated carbocycles. The number of carbonyl (C=O) groups is 2. The molecule has 0 unspecified atom stereocenters. The summed E-state index contributed by atoms with van der Waals surface area (Å²) in [7, 11) is 0. The van der Waals surface area contributed by atoms with Gasteiger partial charge >= 0.3 is 0 Å². The van der Waals surface area contributed by atoms with Crippen LogP contribution in [0, 0.1) is 17.7 Å². The van der Waals surface area contributed by atoms with Crippen molar-refractivity contribution >= 4 is 34.8 Å². The van der Waals surface area contributed by atoms with Gasteiger partial charge in [-0.3, -0.25) is 9.59 Å². The van der Waals surface area contributed by atoms with Crippen LogP contribution in [0.1, 0.15) is 20.7 Å². The zero-order valence-corrected chi connectivity index (χ0v) is 14.5. The minimum absolute atomic E-state index is 0.187. The van der Waals surface area contributed by atoms with Crippen LogP contribution in [0.15, 0.2) is 60.7 Å². The van der Waals surface area contributed by atoms with E-state index >= 15 is 0 Å². The predicted octanol–water partition coefficient (Wildman–Crippen LogP) is 4.92. The Kier molecular flexibility index (Phi) is 5.47. The fraction of sp³-hybridized carbons (Fsp3) is 0. The highest BCUT2D eigenvalue weighted by atomic mass is 35.5. The monoisotopic (exact) mass is 385 g/mol. The predicted molar refractivity (Wildman–Crippen MR) is 99.0 cm³/mol. The lowest BCUT2D eigenvalue weighted by Crippen LogP contribution is -2.14. The first-order valence-electron chi connectivity index (χ1n) is 7.77. The summed E-state index contributed by atoms with van der Waals surface area (Å²) < 4.78 is 26.4. The highest BCUT2D eigenvalue weighted by molar-refractivity contribution is 6.34. The van der Waals surface area contributed by atoms with Crippen molar-refractivity contribution in [2.75, 3.05) is 10.6 Å². The zero-order chi connectivity index (χ0) is 19.4. The summed E-state index contributed by atoms with van der Waals surface area (Å²) in [4.78, 5) is 24.3. The first kappa shape index (κ1) is 18.5. The molecule has 3 aromatic rings. The molecule has 0 aliphatic carbocycles. The Morgan fingerprint density at radius 1 is 0.889 bits per heavy atom. The van der Waals surface area contributed by atoms with Gasteiger partial charge in [0.2, 0.25) is 0 Å². The van der Waals surface area contributed by atoms with Gasteiger partial charge in [-0.15, -0.1) is 0 Å². The van der Waals surface area contributed by atoms with Gasteiger partial charge in [-0.25, -0.2) is 8.78 Å². The molecule has 0 spiro atoms. The highest BCUT2D eigenvalue weighted by Crippen LogP contribution is 2.22. The Morgan fingerprint density at radius 3 is 2.07 bits per heavy atom. The average molecular weight is 386 g/mol.